The van der Waals surface area contributed by atoms with E-state index in [-0.39, 0.29) is 30.2 Å². The van der Waals surface area contributed by atoms with E-state index in [1.807, 2.05) is 0 Å². The maximum absolute atomic E-state index is 13.6. The third-order valence-electron chi connectivity index (χ3n) is 2.96. The first-order valence-electron chi connectivity index (χ1n) is 6.69. The fourth-order valence-corrected chi connectivity index (χ4v) is 2.09. The molecule has 0 saturated carbocycles. The minimum atomic E-state index is -0.729. The van der Waals surface area contributed by atoms with Gasteiger partial charge in [0.1, 0.15) is 0 Å². The van der Waals surface area contributed by atoms with Gasteiger partial charge in [0.05, 0.1) is 16.7 Å². The second-order valence-corrected chi connectivity index (χ2v) is 5.57. The van der Waals surface area contributed by atoms with Gasteiger partial charge in [-0.3, -0.25) is 14.9 Å². The van der Waals surface area contributed by atoms with Crippen molar-refractivity contribution in [3.05, 3.63) is 62.9 Å². The molecule has 6 nitrogen and oxygen atoms in total. The number of nitro benzene ring substituents is 1. The SMILES string of the molecule is O=C(CCNc1ccc([N+](=O)[O-])cc1F)Nc1ccc(Br)cc1. The molecule has 0 spiro atoms. The molecule has 2 N–H and O–H groups in total. The van der Waals surface area contributed by atoms with E-state index in [0.717, 1.165) is 10.5 Å². The van der Waals surface area contributed by atoms with Gasteiger partial charge in [-0.2, -0.15) is 0 Å². The van der Waals surface area contributed by atoms with E-state index in [1.54, 1.807) is 24.3 Å². The predicted octanol–water partition coefficient (Wildman–Crippen LogP) is 3.94. The Kier molecular flexibility index (Phi) is 5.64. The van der Waals surface area contributed by atoms with Crippen LogP contribution in [-0.2, 0) is 4.79 Å². The molecule has 0 aliphatic rings. The normalized spacial score (nSPS) is 10.2. The Balaban J connectivity index is 1.83. The Bertz CT molecular complexity index is 722. The number of hydrogen-bond donors (Lipinski definition) is 2. The number of carbonyl (C=O) groups excluding carboxylic acids is 1. The van der Waals surface area contributed by atoms with Crippen molar-refractivity contribution in [3.8, 4) is 0 Å². The number of anilines is 2. The van der Waals surface area contributed by atoms with Crippen molar-refractivity contribution >= 4 is 38.9 Å². The van der Waals surface area contributed by atoms with E-state index in [9.17, 15) is 19.3 Å². The summed E-state index contributed by atoms with van der Waals surface area (Å²) in [5, 5.41) is 16.0. The highest BCUT2D eigenvalue weighted by atomic mass is 79.9. The van der Waals surface area contributed by atoms with Crippen molar-refractivity contribution in [1.29, 1.82) is 0 Å². The summed E-state index contributed by atoms with van der Waals surface area (Å²) in [7, 11) is 0. The molecule has 0 unspecified atom stereocenters. The highest BCUT2D eigenvalue weighted by molar-refractivity contribution is 9.10. The summed E-state index contributed by atoms with van der Waals surface area (Å²) in [5.41, 5.74) is 0.466. The van der Waals surface area contributed by atoms with Gasteiger partial charge in [0.2, 0.25) is 5.91 Å². The Morgan fingerprint density at radius 1 is 1.22 bits per heavy atom. The smallest absolute Gasteiger partial charge is 0.272 e. The molecule has 0 radical (unpaired) electrons. The average molecular weight is 382 g/mol. The van der Waals surface area contributed by atoms with Crippen LogP contribution in [0.3, 0.4) is 0 Å². The van der Waals surface area contributed by atoms with Gasteiger partial charge in [-0.1, -0.05) is 15.9 Å². The Morgan fingerprint density at radius 2 is 1.91 bits per heavy atom. The average Bonchev–Trinajstić information content (AvgIpc) is 2.51. The first-order valence-corrected chi connectivity index (χ1v) is 7.48. The molecule has 0 aliphatic heterocycles. The standard InChI is InChI=1S/C15H13BrFN3O3/c16-10-1-3-11(4-2-10)19-15(21)7-8-18-14-6-5-12(20(22)23)9-13(14)17/h1-6,9,18H,7-8H2,(H,19,21). The summed E-state index contributed by atoms with van der Waals surface area (Å²) in [6, 6.07) is 10.4. The topological polar surface area (TPSA) is 84.3 Å². The Hall–Kier alpha value is -2.48. The van der Waals surface area contributed by atoms with E-state index < -0.39 is 10.7 Å². The second-order valence-electron chi connectivity index (χ2n) is 4.65. The van der Waals surface area contributed by atoms with Crippen LogP contribution in [0.15, 0.2) is 46.9 Å². The third-order valence-corrected chi connectivity index (χ3v) is 3.49. The first-order chi connectivity index (χ1) is 11.0. The van der Waals surface area contributed by atoms with Crippen LogP contribution in [0.25, 0.3) is 0 Å². The van der Waals surface area contributed by atoms with Crippen LogP contribution in [0, 0.1) is 15.9 Å². The molecule has 120 valence electrons. The maximum Gasteiger partial charge on any atom is 0.272 e. The van der Waals surface area contributed by atoms with Crippen molar-refractivity contribution in [2.24, 2.45) is 0 Å². The molecule has 8 heteroatoms. The van der Waals surface area contributed by atoms with Crippen molar-refractivity contribution in [3.63, 3.8) is 0 Å². The van der Waals surface area contributed by atoms with E-state index in [1.165, 1.54) is 12.1 Å². The molecule has 0 bridgehead atoms. The summed E-state index contributed by atoms with van der Waals surface area (Å²) in [6.45, 7) is 0.205. The van der Waals surface area contributed by atoms with E-state index in [2.05, 4.69) is 26.6 Å². The molecule has 0 saturated heterocycles. The van der Waals surface area contributed by atoms with Crippen molar-refractivity contribution in [2.45, 2.75) is 6.42 Å². The summed E-state index contributed by atoms with van der Waals surface area (Å²) < 4.78 is 14.6. The Labute approximate surface area is 140 Å². The minimum absolute atomic E-state index is 0.118. The van der Waals surface area contributed by atoms with Crippen molar-refractivity contribution < 1.29 is 14.1 Å². The fraction of sp³-hybridized carbons (Fsp3) is 0.133. The molecule has 23 heavy (non-hydrogen) atoms. The van der Waals surface area contributed by atoms with Gasteiger partial charge in [-0.25, -0.2) is 4.39 Å². The van der Waals surface area contributed by atoms with Gasteiger partial charge in [-0.05, 0) is 30.3 Å². The van der Waals surface area contributed by atoms with Crippen LogP contribution in [0.1, 0.15) is 6.42 Å². The zero-order chi connectivity index (χ0) is 16.8. The van der Waals surface area contributed by atoms with Gasteiger partial charge in [0.25, 0.3) is 5.69 Å². The predicted molar refractivity (Wildman–Crippen MR) is 88.9 cm³/mol. The molecule has 1 amide bonds. The lowest BCUT2D eigenvalue weighted by atomic mass is 10.2. The van der Waals surface area contributed by atoms with E-state index in [0.29, 0.717) is 5.69 Å². The van der Waals surface area contributed by atoms with Crippen LogP contribution in [0.2, 0.25) is 0 Å². The highest BCUT2D eigenvalue weighted by Gasteiger charge is 2.10. The van der Waals surface area contributed by atoms with Crippen LogP contribution in [0.4, 0.5) is 21.5 Å². The molecule has 0 heterocycles. The molecule has 2 aromatic carbocycles. The van der Waals surface area contributed by atoms with E-state index in [4.69, 9.17) is 0 Å². The number of hydrogen-bond acceptors (Lipinski definition) is 4. The van der Waals surface area contributed by atoms with Gasteiger partial charge < -0.3 is 10.6 Å². The molecule has 2 aromatic rings. The summed E-state index contributed by atoms with van der Waals surface area (Å²) in [5.74, 6) is -0.949. The monoisotopic (exact) mass is 381 g/mol. The molecule has 0 fully saturated rings. The number of carbonyl (C=O) groups is 1. The highest BCUT2D eigenvalue weighted by Crippen LogP contribution is 2.20. The largest absolute Gasteiger partial charge is 0.382 e. The lowest BCUT2D eigenvalue weighted by Crippen LogP contribution is -2.16. The number of amides is 1. The van der Waals surface area contributed by atoms with Crippen LogP contribution in [-0.4, -0.2) is 17.4 Å². The lowest BCUT2D eigenvalue weighted by molar-refractivity contribution is -0.385. The zero-order valence-corrected chi connectivity index (χ0v) is 13.5. The number of nitrogens with zero attached hydrogens (tertiary/aromatic N) is 1. The van der Waals surface area contributed by atoms with Crippen LogP contribution in [0.5, 0.6) is 0 Å². The van der Waals surface area contributed by atoms with E-state index >= 15 is 0 Å². The summed E-state index contributed by atoms with van der Waals surface area (Å²) in [4.78, 5) is 21.6. The van der Waals surface area contributed by atoms with Gasteiger partial charge in [0, 0.05) is 29.2 Å². The number of nitrogens with one attached hydrogen (secondary N) is 2. The third kappa shape index (κ3) is 5.03. The van der Waals surface area contributed by atoms with Gasteiger partial charge in [-0.15, -0.1) is 0 Å². The lowest BCUT2D eigenvalue weighted by Gasteiger charge is -2.08. The maximum atomic E-state index is 13.6. The van der Waals surface area contributed by atoms with Crippen molar-refractivity contribution in [1.82, 2.24) is 0 Å². The molecule has 2 rings (SSSR count). The first kappa shape index (κ1) is 16.9. The van der Waals surface area contributed by atoms with Crippen LogP contribution < -0.4 is 10.6 Å². The number of halogens is 2. The summed E-state index contributed by atoms with van der Waals surface area (Å²) >= 11 is 3.30. The number of benzene rings is 2. The second kappa shape index (κ2) is 7.68. The van der Waals surface area contributed by atoms with Gasteiger partial charge in [0.15, 0.2) is 5.82 Å². The molecule has 0 aliphatic carbocycles. The fourth-order valence-electron chi connectivity index (χ4n) is 1.83. The Morgan fingerprint density at radius 3 is 2.52 bits per heavy atom. The molecule has 0 aromatic heterocycles. The van der Waals surface area contributed by atoms with Crippen molar-refractivity contribution in [2.75, 3.05) is 17.2 Å². The summed E-state index contributed by atoms with van der Waals surface area (Å²) in [6.07, 6.45) is 0.131. The molecule has 0 atom stereocenters. The minimum Gasteiger partial charge on any atom is -0.382 e. The van der Waals surface area contributed by atoms with Gasteiger partial charge >= 0.3 is 0 Å². The van der Waals surface area contributed by atoms with Crippen LogP contribution >= 0.6 is 15.9 Å². The number of non-ortho nitro benzene ring substituents is 1. The zero-order valence-electron chi connectivity index (χ0n) is 11.9. The quantitative estimate of drug-likeness (QED) is 0.586. The molecular formula is C15H13BrFN3O3. The number of nitro groups is 1. The number of rotatable bonds is 6. The molecular weight excluding hydrogens is 369 g/mol.